The Bertz CT molecular complexity index is 268. The van der Waals surface area contributed by atoms with Crippen molar-refractivity contribution >= 4 is 5.91 Å². The lowest BCUT2D eigenvalue weighted by molar-refractivity contribution is -0.119. The molecule has 1 heterocycles. The number of carbonyl (C=O) groups excluding carboxylic acids is 1. The molecule has 1 amide bonds. The van der Waals surface area contributed by atoms with Crippen LogP contribution in [0.15, 0.2) is 0 Å². The molecule has 1 rings (SSSR count). The zero-order chi connectivity index (χ0) is 14.3. The fraction of sp³-hybridized carbons (Fsp3) is 0.933. The normalized spacial score (nSPS) is 24.7. The molecule has 1 saturated heterocycles. The van der Waals surface area contributed by atoms with E-state index in [2.05, 4.69) is 36.3 Å². The van der Waals surface area contributed by atoms with Crippen LogP contribution in [0.25, 0.3) is 0 Å². The van der Waals surface area contributed by atoms with Crippen molar-refractivity contribution in [3.63, 3.8) is 0 Å². The zero-order valence-corrected chi connectivity index (χ0v) is 13.0. The summed E-state index contributed by atoms with van der Waals surface area (Å²) in [5.74, 6) is 1.57. The number of amides is 1. The molecule has 0 saturated carbocycles. The first-order valence-corrected chi connectivity index (χ1v) is 7.67. The average Bonchev–Trinajstić information content (AvgIpc) is 2.27. The topological polar surface area (TPSA) is 44.4 Å². The van der Waals surface area contributed by atoms with Crippen LogP contribution in [0.1, 0.15) is 40.5 Å². The lowest BCUT2D eigenvalue weighted by Gasteiger charge is -2.37. The first-order valence-electron chi connectivity index (χ1n) is 7.67. The molecule has 4 nitrogen and oxygen atoms in total. The number of nitrogens with one attached hydrogen (secondary N) is 2. The van der Waals surface area contributed by atoms with Gasteiger partial charge in [0.1, 0.15) is 0 Å². The average molecular weight is 269 g/mol. The Morgan fingerprint density at radius 2 is 2.05 bits per heavy atom. The van der Waals surface area contributed by atoms with Gasteiger partial charge in [0.05, 0.1) is 0 Å². The van der Waals surface area contributed by atoms with Crippen LogP contribution in [0.4, 0.5) is 0 Å². The molecule has 1 aliphatic rings. The third kappa shape index (κ3) is 7.53. The summed E-state index contributed by atoms with van der Waals surface area (Å²) in [5, 5.41) is 6.56. The molecule has 112 valence electrons. The second kappa shape index (κ2) is 8.54. The van der Waals surface area contributed by atoms with Gasteiger partial charge in [-0.2, -0.15) is 0 Å². The molecule has 4 heteroatoms. The van der Waals surface area contributed by atoms with Crippen LogP contribution in [0.2, 0.25) is 0 Å². The van der Waals surface area contributed by atoms with Crippen LogP contribution in [0.3, 0.4) is 0 Å². The fourth-order valence-corrected chi connectivity index (χ4v) is 2.76. The standard InChI is InChI=1S/C15H31N3O/c1-12(2)5-6-17-15-9-13(3)10-18(11-15)8-7-16-14(4)19/h12-13,15,17H,5-11H2,1-4H3,(H,16,19). The predicted octanol–water partition coefficient (Wildman–Crippen LogP) is 1.47. The molecule has 0 aromatic carbocycles. The first kappa shape index (κ1) is 16.4. The smallest absolute Gasteiger partial charge is 0.216 e. The highest BCUT2D eigenvalue weighted by molar-refractivity contribution is 5.72. The van der Waals surface area contributed by atoms with Crippen molar-refractivity contribution in [1.29, 1.82) is 0 Å². The summed E-state index contributed by atoms with van der Waals surface area (Å²) in [7, 11) is 0. The predicted molar refractivity (Wildman–Crippen MR) is 80.2 cm³/mol. The molecule has 1 fully saturated rings. The van der Waals surface area contributed by atoms with Gasteiger partial charge in [-0.15, -0.1) is 0 Å². The van der Waals surface area contributed by atoms with Gasteiger partial charge in [-0.25, -0.2) is 0 Å². The van der Waals surface area contributed by atoms with Crippen LogP contribution in [0.5, 0.6) is 0 Å². The molecule has 19 heavy (non-hydrogen) atoms. The lowest BCUT2D eigenvalue weighted by atomic mass is 9.95. The number of hydrogen-bond donors (Lipinski definition) is 2. The first-order chi connectivity index (χ1) is 8.97. The van der Waals surface area contributed by atoms with E-state index >= 15 is 0 Å². The Morgan fingerprint density at radius 1 is 1.32 bits per heavy atom. The Kier molecular flexibility index (Phi) is 7.39. The van der Waals surface area contributed by atoms with Gasteiger partial charge in [0.25, 0.3) is 0 Å². The van der Waals surface area contributed by atoms with Crippen LogP contribution in [0, 0.1) is 11.8 Å². The van der Waals surface area contributed by atoms with Crippen LogP contribution in [-0.2, 0) is 4.79 Å². The molecule has 1 aliphatic heterocycles. The summed E-state index contributed by atoms with van der Waals surface area (Å²) in [6, 6.07) is 0.611. The van der Waals surface area contributed by atoms with Gasteiger partial charge < -0.3 is 10.6 Å². The number of rotatable bonds is 7. The van der Waals surface area contributed by atoms with Gasteiger partial charge in [0, 0.05) is 39.1 Å². The monoisotopic (exact) mass is 269 g/mol. The number of hydrogen-bond acceptors (Lipinski definition) is 3. The molecule has 0 aromatic rings. The van der Waals surface area contributed by atoms with E-state index in [0.29, 0.717) is 6.04 Å². The highest BCUT2D eigenvalue weighted by atomic mass is 16.1. The Hall–Kier alpha value is -0.610. The second-order valence-electron chi connectivity index (χ2n) is 6.42. The third-order valence-electron chi connectivity index (χ3n) is 3.69. The molecular weight excluding hydrogens is 238 g/mol. The molecule has 2 N–H and O–H groups in total. The van der Waals surface area contributed by atoms with E-state index in [4.69, 9.17) is 0 Å². The van der Waals surface area contributed by atoms with Crippen LogP contribution in [-0.4, -0.2) is 49.6 Å². The van der Waals surface area contributed by atoms with E-state index in [1.807, 2.05) is 0 Å². The molecule has 0 spiro atoms. The molecule has 0 radical (unpaired) electrons. The highest BCUT2D eigenvalue weighted by Crippen LogP contribution is 2.16. The summed E-state index contributed by atoms with van der Waals surface area (Å²) in [5.41, 5.74) is 0. The largest absolute Gasteiger partial charge is 0.355 e. The number of carbonyl (C=O) groups is 1. The van der Waals surface area contributed by atoms with Crippen molar-refractivity contribution in [2.45, 2.75) is 46.6 Å². The van der Waals surface area contributed by atoms with Crippen LogP contribution < -0.4 is 10.6 Å². The lowest BCUT2D eigenvalue weighted by Crippen LogP contribution is -2.50. The van der Waals surface area contributed by atoms with E-state index in [1.54, 1.807) is 6.92 Å². The zero-order valence-electron chi connectivity index (χ0n) is 13.0. The van der Waals surface area contributed by atoms with E-state index in [1.165, 1.54) is 12.8 Å². The Labute approximate surface area is 118 Å². The fourth-order valence-electron chi connectivity index (χ4n) is 2.76. The summed E-state index contributed by atoms with van der Waals surface area (Å²) in [6.45, 7) is 13.6. The molecule has 2 atom stereocenters. The molecule has 0 bridgehead atoms. The van der Waals surface area contributed by atoms with Gasteiger partial charge in [-0.3, -0.25) is 9.69 Å². The Morgan fingerprint density at radius 3 is 2.68 bits per heavy atom. The summed E-state index contributed by atoms with van der Waals surface area (Å²) >= 11 is 0. The van der Waals surface area contributed by atoms with Gasteiger partial charge >= 0.3 is 0 Å². The van der Waals surface area contributed by atoms with E-state index in [9.17, 15) is 4.79 Å². The minimum Gasteiger partial charge on any atom is -0.355 e. The maximum Gasteiger partial charge on any atom is 0.216 e. The van der Waals surface area contributed by atoms with Crippen molar-refractivity contribution in [3.05, 3.63) is 0 Å². The molecular formula is C15H31N3O. The number of piperidine rings is 1. The summed E-state index contributed by atoms with van der Waals surface area (Å²) in [4.78, 5) is 13.3. The Balaban J connectivity index is 2.25. The SMILES string of the molecule is CC(=O)NCCN1CC(C)CC(NCCC(C)C)C1. The maximum absolute atomic E-state index is 10.9. The molecule has 0 aliphatic carbocycles. The van der Waals surface area contributed by atoms with E-state index in [0.717, 1.165) is 44.6 Å². The van der Waals surface area contributed by atoms with Crippen molar-refractivity contribution in [2.24, 2.45) is 11.8 Å². The second-order valence-corrected chi connectivity index (χ2v) is 6.42. The maximum atomic E-state index is 10.9. The highest BCUT2D eigenvalue weighted by Gasteiger charge is 2.23. The minimum absolute atomic E-state index is 0.0664. The van der Waals surface area contributed by atoms with Gasteiger partial charge in [0.15, 0.2) is 0 Å². The van der Waals surface area contributed by atoms with Crippen molar-refractivity contribution in [3.8, 4) is 0 Å². The number of likely N-dealkylation sites (tertiary alicyclic amines) is 1. The minimum atomic E-state index is 0.0664. The van der Waals surface area contributed by atoms with Crippen molar-refractivity contribution < 1.29 is 4.79 Å². The summed E-state index contributed by atoms with van der Waals surface area (Å²) < 4.78 is 0. The van der Waals surface area contributed by atoms with E-state index < -0.39 is 0 Å². The van der Waals surface area contributed by atoms with Gasteiger partial charge in [-0.05, 0) is 31.2 Å². The van der Waals surface area contributed by atoms with Crippen molar-refractivity contribution in [2.75, 3.05) is 32.7 Å². The quantitative estimate of drug-likeness (QED) is 0.735. The third-order valence-corrected chi connectivity index (χ3v) is 3.69. The molecule has 2 unspecified atom stereocenters. The van der Waals surface area contributed by atoms with Gasteiger partial charge in [-0.1, -0.05) is 20.8 Å². The van der Waals surface area contributed by atoms with E-state index in [-0.39, 0.29) is 5.91 Å². The molecule has 0 aromatic heterocycles. The van der Waals surface area contributed by atoms with Gasteiger partial charge in [0.2, 0.25) is 5.91 Å². The number of nitrogens with zero attached hydrogens (tertiary/aromatic N) is 1. The van der Waals surface area contributed by atoms with Crippen LogP contribution >= 0.6 is 0 Å². The summed E-state index contributed by atoms with van der Waals surface area (Å²) in [6.07, 6.45) is 2.52. The van der Waals surface area contributed by atoms with Crippen molar-refractivity contribution in [1.82, 2.24) is 15.5 Å².